The summed E-state index contributed by atoms with van der Waals surface area (Å²) in [6.45, 7) is 7.74. The first-order chi connectivity index (χ1) is 12.6. The quantitative estimate of drug-likeness (QED) is 0.710. The summed E-state index contributed by atoms with van der Waals surface area (Å²) >= 11 is 5.97. The first-order valence-corrected chi connectivity index (χ1v) is 10.5. The summed E-state index contributed by atoms with van der Waals surface area (Å²) in [4.78, 5) is 14.7. The standard InChI is InChI=1S/C20H25ClN2O3S/c1-14(2)23(15(3)4)20(24)16-8-6-11-19(12-16)27(25,26)22(5)18-10-7-9-17(21)13-18/h6-15H,1-5H3. The second-order valence-electron chi connectivity index (χ2n) is 6.88. The minimum absolute atomic E-state index is 0.00639. The molecule has 2 rings (SSSR count). The molecule has 0 aliphatic heterocycles. The van der Waals surface area contributed by atoms with Gasteiger partial charge in [-0.1, -0.05) is 23.7 Å². The molecule has 2 aromatic carbocycles. The van der Waals surface area contributed by atoms with Crippen molar-refractivity contribution >= 4 is 33.2 Å². The molecule has 0 fully saturated rings. The van der Waals surface area contributed by atoms with Gasteiger partial charge >= 0.3 is 0 Å². The zero-order chi connectivity index (χ0) is 20.4. The van der Waals surface area contributed by atoms with Crippen LogP contribution in [0.2, 0.25) is 5.02 Å². The van der Waals surface area contributed by atoms with Crippen LogP contribution in [0.15, 0.2) is 53.4 Å². The Kier molecular flexibility index (Phi) is 6.54. The highest BCUT2D eigenvalue weighted by Gasteiger charge is 2.25. The Hall–Kier alpha value is -2.05. The van der Waals surface area contributed by atoms with Crippen LogP contribution >= 0.6 is 11.6 Å². The van der Waals surface area contributed by atoms with E-state index in [1.54, 1.807) is 41.3 Å². The summed E-state index contributed by atoms with van der Waals surface area (Å²) in [6.07, 6.45) is 0. The summed E-state index contributed by atoms with van der Waals surface area (Å²) in [5.74, 6) is -0.192. The third-order valence-corrected chi connectivity index (χ3v) is 6.28. The van der Waals surface area contributed by atoms with Crippen LogP contribution in [0.25, 0.3) is 0 Å². The minimum atomic E-state index is -3.83. The maximum atomic E-state index is 13.0. The Bertz CT molecular complexity index is 918. The Labute approximate surface area is 166 Å². The number of amides is 1. The van der Waals surface area contributed by atoms with Gasteiger partial charge in [0, 0.05) is 29.7 Å². The Morgan fingerprint density at radius 2 is 1.56 bits per heavy atom. The molecule has 0 bridgehead atoms. The van der Waals surface area contributed by atoms with E-state index in [1.165, 1.54) is 19.2 Å². The maximum absolute atomic E-state index is 13.0. The molecule has 0 N–H and O–H groups in total. The topological polar surface area (TPSA) is 57.7 Å². The number of benzene rings is 2. The van der Waals surface area contributed by atoms with Crippen molar-refractivity contribution in [1.29, 1.82) is 0 Å². The number of hydrogen-bond donors (Lipinski definition) is 0. The van der Waals surface area contributed by atoms with Gasteiger partial charge in [-0.3, -0.25) is 9.10 Å². The number of sulfonamides is 1. The van der Waals surface area contributed by atoms with Crippen LogP contribution in [0.5, 0.6) is 0 Å². The van der Waals surface area contributed by atoms with Gasteiger partial charge in [0.05, 0.1) is 10.6 Å². The van der Waals surface area contributed by atoms with Crippen molar-refractivity contribution in [3.05, 3.63) is 59.1 Å². The molecule has 0 aliphatic rings. The third-order valence-electron chi connectivity index (χ3n) is 4.26. The number of anilines is 1. The lowest BCUT2D eigenvalue weighted by Gasteiger charge is -2.31. The lowest BCUT2D eigenvalue weighted by molar-refractivity contribution is 0.0643. The van der Waals surface area contributed by atoms with Gasteiger partial charge in [-0.05, 0) is 64.1 Å². The molecular weight excluding hydrogens is 384 g/mol. The molecule has 146 valence electrons. The molecule has 0 atom stereocenters. The molecular formula is C20H25ClN2O3S. The van der Waals surface area contributed by atoms with Gasteiger partial charge < -0.3 is 4.90 Å². The Balaban J connectivity index is 2.42. The molecule has 0 heterocycles. The minimum Gasteiger partial charge on any atom is -0.334 e. The summed E-state index contributed by atoms with van der Waals surface area (Å²) in [7, 11) is -2.36. The van der Waals surface area contributed by atoms with Crippen molar-refractivity contribution in [2.75, 3.05) is 11.4 Å². The lowest BCUT2D eigenvalue weighted by atomic mass is 10.1. The molecule has 2 aromatic rings. The van der Waals surface area contributed by atoms with Gasteiger partial charge in [0.15, 0.2) is 0 Å². The van der Waals surface area contributed by atoms with Crippen LogP contribution in [0.3, 0.4) is 0 Å². The second kappa shape index (κ2) is 8.31. The summed E-state index contributed by atoms with van der Waals surface area (Å²) < 4.78 is 27.2. The van der Waals surface area contributed by atoms with Crippen LogP contribution in [0, 0.1) is 0 Å². The van der Waals surface area contributed by atoms with Gasteiger partial charge in [0.25, 0.3) is 15.9 Å². The smallest absolute Gasteiger partial charge is 0.264 e. The average molecular weight is 409 g/mol. The van der Waals surface area contributed by atoms with E-state index in [0.717, 1.165) is 4.31 Å². The molecule has 27 heavy (non-hydrogen) atoms. The third kappa shape index (κ3) is 4.62. The number of rotatable bonds is 6. The zero-order valence-corrected chi connectivity index (χ0v) is 17.8. The highest BCUT2D eigenvalue weighted by molar-refractivity contribution is 7.92. The van der Waals surface area contributed by atoms with Crippen LogP contribution in [-0.2, 0) is 10.0 Å². The van der Waals surface area contributed by atoms with E-state index in [2.05, 4.69) is 0 Å². The predicted octanol–water partition coefficient (Wildman–Crippen LogP) is 4.42. The monoisotopic (exact) mass is 408 g/mol. The van der Waals surface area contributed by atoms with Crippen molar-refractivity contribution in [1.82, 2.24) is 4.90 Å². The fourth-order valence-electron chi connectivity index (χ4n) is 2.97. The molecule has 5 nitrogen and oxygen atoms in total. The predicted molar refractivity (Wildman–Crippen MR) is 110 cm³/mol. The molecule has 0 aliphatic carbocycles. The van der Waals surface area contributed by atoms with E-state index in [-0.39, 0.29) is 22.9 Å². The van der Waals surface area contributed by atoms with E-state index in [1.807, 2.05) is 27.7 Å². The Morgan fingerprint density at radius 3 is 2.11 bits per heavy atom. The second-order valence-corrected chi connectivity index (χ2v) is 9.29. The van der Waals surface area contributed by atoms with Crippen LogP contribution < -0.4 is 4.31 Å². The number of halogens is 1. The molecule has 1 amide bonds. The molecule has 0 saturated heterocycles. The van der Waals surface area contributed by atoms with Crippen LogP contribution in [0.4, 0.5) is 5.69 Å². The number of carbonyl (C=O) groups excluding carboxylic acids is 1. The largest absolute Gasteiger partial charge is 0.334 e. The molecule has 0 spiro atoms. The number of carbonyl (C=O) groups is 1. The normalized spacial score (nSPS) is 11.7. The Morgan fingerprint density at radius 1 is 0.963 bits per heavy atom. The van der Waals surface area contributed by atoms with Gasteiger partial charge in [0.1, 0.15) is 0 Å². The van der Waals surface area contributed by atoms with Gasteiger partial charge in [-0.2, -0.15) is 0 Å². The summed E-state index contributed by atoms with van der Waals surface area (Å²) in [5.41, 5.74) is 0.795. The van der Waals surface area contributed by atoms with E-state index < -0.39 is 10.0 Å². The van der Waals surface area contributed by atoms with Crippen molar-refractivity contribution in [2.45, 2.75) is 44.7 Å². The SMILES string of the molecule is CC(C)N(C(=O)c1cccc(S(=O)(=O)N(C)c2cccc(Cl)c2)c1)C(C)C. The number of nitrogens with zero attached hydrogens (tertiary/aromatic N) is 2. The molecule has 0 radical (unpaired) electrons. The maximum Gasteiger partial charge on any atom is 0.264 e. The van der Waals surface area contributed by atoms with Crippen molar-refractivity contribution in [2.24, 2.45) is 0 Å². The van der Waals surface area contributed by atoms with Gasteiger partial charge in [-0.15, -0.1) is 0 Å². The average Bonchev–Trinajstić information content (AvgIpc) is 2.60. The van der Waals surface area contributed by atoms with Gasteiger partial charge in [0.2, 0.25) is 0 Å². The first-order valence-electron chi connectivity index (χ1n) is 8.73. The molecule has 0 unspecified atom stereocenters. The van der Waals surface area contributed by atoms with Crippen LogP contribution in [-0.4, -0.2) is 38.4 Å². The van der Waals surface area contributed by atoms with E-state index in [0.29, 0.717) is 16.3 Å². The van der Waals surface area contributed by atoms with Crippen molar-refractivity contribution in [3.63, 3.8) is 0 Å². The summed E-state index contributed by atoms with van der Waals surface area (Å²) in [6, 6.07) is 12.8. The number of hydrogen-bond acceptors (Lipinski definition) is 3. The summed E-state index contributed by atoms with van der Waals surface area (Å²) in [5, 5.41) is 0.447. The fraction of sp³-hybridized carbons (Fsp3) is 0.350. The van der Waals surface area contributed by atoms with E-state index in [4.69, 9.17) is 11.6 Å². The molecule has 0 aromatic heterocycles. The van der Waals surface area contributed by atoms with Gasteiger partial charge in [-0.25, -0.2) is 8.42 Å². The lowest BCUT2D eigenvalue weighted by Crippen LogP contribution is -2.42. The van der Waals surface area contributed by atoms with E-state index >= 15 is 0 Å². The first kappa shape index (κ1) is 21.3. The molecule has 0 saturated carbocycles. The fourth-order valence-corrected chi connectivity index (χ4v) is 4.39. The van der Waals surface area contributed by atoms with Crippen molar-refractivity contribution in [3.8, 4) is 0 Å². The highest BCUT2D eigenvalue weighted by atomic mass is 35.5. The zero-order valence-electron chi connectivity index (χ0n) is 16.2. The molecule has 7 heteroatoms. The highest BCUT2D eigenvalue weighted by Crippen LogP contribution is 2.25. The van der Waals surface area contributed by atoms with E-state index in [9.17, 15) is 13.2 Å². The van der Waals surface area contributed by atoms with Crippen molar-refractivity contribution < 1.29 is 13.2 Å². The van der Waals surface area contributed by atoms with Crippen LogP contribution in [0.1, 0.15) is 38.1 Å².